The van der Waals surface area contributed by atoms with Crippen molar-refractivity contribution in [2.24, 2.45) is 0 Å². The molecule has 0 aliphatic heterocycles. The number of hydrogen-bond acceptors (Lipinski definition) is 3. The van der Waals surface area contributed by atoms with Crippen LogP contribution in [0.1, 0.15) is 15.9 Å². The second-order valence-corrected chi connectivity index (χ2v) is 4.87. The minimum Gasteiger partial charge on any atom is -0.372 e. The highest BCUT2D eigenvalue weighted by Gasteiger charge is 2.12. The fourth-order valence-corrected chi connectivity index (χ4v) is 2.00. The number of rotatable bonds is 5. The summed E-state index contributed by atoms with van der Waals surface area (Å²) >= 11 is 5.81. The van der Waals surface area contributed by atoms with Crippen LogP contribution in [0.5, 0.6) is 0 Å². The molecule has 0 atom stereocenters. The maximum absolute atomic E-state index is 13.2. The van der Waals surface area contributed by atoms with E-state index in [1.54, 1.807) is 19.2 Å². The number of nitrogens with one attached hydrogen (secondary N) is 2. The van der Waals surface area contributed by atoms with Crippen LogP contribution in [0.4, 0.5) is 10.2 Å². The van der Waals surface area contributed by atoms with Crippen molar-refractivity contribution >= 4 is 23.3 Å². The van der Waals surface area contributed by atoms with Crippen LogP contribution in [-0.2, 0) is 6.42 Å². The Bertz CT molecular complexity index is 631. The molecule has 2 rings (SSSR count). The highest BCUT2D eigenvalue weighted by molar-refractivity contribution is 6.30. The molecular weight excluding hydrogens is 293 g/mol. The number of nitrogens with zero attached hydrogens (tertiary/aromatic N) is 1. The molecule has 1 heterocycles. The smallest absolute Gasteiger partial charge is 0.255 e. The lowest BCUT2D eigenvalue weighted by atomic mass is 10.1. The predicted molar refractivity (Wildman–Crippen MR) is 81.2 cm³/mol. The molecular formula is C15H15ClFN3O. The number of amides is 1. The Morgan fingerprint density at radius 3 is 2.71 bits per heavy atom. The van der Waals surface area contributed by atoms with E-state index in [0.717, 1.165) is 17.8 Å². The fourth-order valence-electron chi connectivity index (χ4n) is 1.88. The molecule has 0 fully saturated rings. The fraction of sp³-hybridized carbons (Fsp3) is 0.200. The molecule has 6 heteroatoms. The minimum absolute atomic E-state index is 0.189. The first-order valence-corrected chi connectivity index (χ1v) is 6.84. The van der Waals surface area contributed by atoms with Crippen molar-refractivity contribution in [2.45, 2.75) is 6.42 Å². The summed E-state index contributed by atoms with van der Waals surface area (Å²) in [5.74, 6) is -0.558. The average Bonchev–Trinajstić information content (AvgIpc) is 2.49. The summed E-state index contributed by atoms with van der Waals surface area (Å²) in [6.07, 6.45) is 1.73. The van der Waals surface area contributed by atoms with Gasteiger partial charge >= 0.3 is 0 Å². The molecule has 2 N–H and O–H groups in total. The first-order chi connectivity index (χ1) is 10.1. The van der Waals surface area contributed by atoms with Crippen molar-refractivity contribution in [3.05, 3.63) is 58.5 Å². The Labute approximate surface area is 127 Å². The second-order valence-electron chi connectivity index (χ2n) is 4.43. The molecule has 1 aromatic carbocycles. The Balaban J connectivity index is 1.95. The first kappa shape index (κ1) is 15.3. The van der Waals surface area contributed by atoms with Gasteiger partial charge in [0.2, 0.25) is 0 Å². The van der Waals surface area contributed by atoms with Crippen LogP contribution in [0.25, 0.3) is 0 Å². The molecule has 0 aliphatic carbocycles. The Hall–Kier alpha value is -2.14. The Morgan fingerprint density at radius 2 is 2.05 bits per heavy atom. The molecule has 2 aromatic rings. The quantitative estimate of drug-likeness (QED) is 0.893. The van der Waals surface area contributed by atoms with Crippen LogP contribution >= 0.6 is 11.6 Å². The number of carbonyl (C=O) groups is 1. The van der Waals surface area contributed by atoms with E-state index in [2.05, 4.69) is 15.6 Å². The van der Waals surface area contributed by atoms with Gasteiger partial charge in [0.15, 0.2) is 0 Å². The second kappa shape index (κ2) is 7.04. The average molecular weight is 308 g/mol. The molecule has 0 bridgehead atoms. The van der Waals surface area contributed by atoms with Crippen LogP contribution in [0.2, 0.25) is 5.02 Å². The van der Waals surface area contributed by atoms with Gasteiger partial charge in [0.05, 0.1) is 11.8 Å². The molecule has 0 saturated carbocycles. The highest BCUT2D eigenvalue weighted by Crippen LogP contribution is 2.13. The third-order valence-corrected chi connectivity index (χ3v) is 3.20. The maximum atomic E-state index is 13.2. The van der Waals surface area contributed by atoms with E-state index in [0.29, 0.717) is 23.8 Å². The van der Waals surface area contributed by atoms with Crippen molar-refractivity contribution in [2.75, 3.05) is 18.9 Å². The topological polar surface area (TPSA) is 54.0 Å². The highest BCUT2D eigenvalue weighted by atomic mass is 35.5. The van der Waals surface area contributed by atoms with Gasteiger partial charge in [-0.1, -0.05) is 23.7 Å². The number of aromatic nitrogens is 1. The van der Waals surface area contributed by atoms with E-state index in [1.165, 1.54) is 0 Å². The predicted octanol–water partition coefficient (Wildman–Crippen LogP) is 2.89. The molecule has 0 spiro atoms. The Morgan fingerprint density at radius 1 is 1.33 bits per heavy atom. The SMILES string of the molecule is CNc1ncc(F)cc1C(=O)NCCc1ccc(Cl)cc1. The van der Waals surface area contributed by atoms with E-state index < -0.39 is 5.82 Å². The van der Waals surface area contributed by atoms with Crippen molar-refractivity contribution < 1.29 is 9.18 Å². The lowest BCUT2D eigenvalue weighted by molar-refractivity contribution is 0.0954. The number of pyridine rings is 1. The van der Waals surface area contributed by atoms with Crippen molar-refractivity contribution in [1.29, 1.82) is 0 Å². The first-order valence-electron chi connectivity index (χ1n) is 6.46. The van der Waals surface area contributed by atoms with Gasteiger partial charge in [0.25, 0.3) is 5.91 Å². The molecule has 110 valence electrons. The molecule has 4 nitrogen and oxygen atoms in total. The van der Waals surface area contributed by atoms with E-state index in [4.69, 9.17) is 11.6 Å². The van der Waals surface area contributed by atoms with Crippen LogP contribution in [0, 0.1) is 5.82 Å². The molecule has 1 amide bonds. The van der Waals surface area contributed by atoms with Crippen molar-refractivity contribution in [3.63, 3.8) is 0 Å². The zero-order valence-corrected chi connectivity index (χ0v) is 12.2. The lowest BCUT2D eigenvalue weighted by Gasteiger charge is -2.09. The molecule has 0 unspecified atom stereocenters. The summed E-state index contributed by atoms with van der Waals surface area (Å²) in [5, 5.41) is 6.18. The number of anilines is 1. The zero-order valence-electron chi connectivity index (χ0n) is 11.5. The van der Waals surface area contributed by atoms with E-state index in [9.17, 15) is 9.18 Å². The zero-order chi connectivity index (χ0) is 15.2. The number of carbonyl (C=O) groups excluding carboxylic acids is 1. The minimum atomic E-state index is -0.545. The van der Waals surface area contributed by atoms with E-state index >= 15 is 0 Å². The largest absolute Gasteiger partial charge is 0.372 e. The van der Waals surface area contributed by atoms with E-state index in [-0.39, 0.29) is 11.5 Å². The maximum Gasteiger partial charge on any atom is 0.255 e. The summed E-state index contributed by atoms with van der Waals surface area (Å²) in [6, 6.07) is 8.56. The summed E-state index contributed by atoms with van der Waals surface area (Å²) < 4.78 is 13.2. The van der Waals surface area contributed by atoms with Gasteiger partial charge in [0.1, 0.15) is 11.6 Å². The van der Waals surface area contributed by atoms with Crippen molar-refractivity contribution in [3.8, 4) is 0 Å². The normalized spacial score (nSPS) is 10.2. The van der Waals surface area contributed by atoms with Gasteiger partial charge in [-0.25, -0.2) is 9.37 Å². The number of hydrogen-bond donors (Lipinski definition) is 2. The van der Waals surface area contributed by atoms with Gasteiger partial charge in [-0.05, 0) is 30.2 Å². The number of benzene rings is 1. The molecule has 0 aliphatic rings. The molecule has 0 radical (unpaired) electrons. The molecule has 1 aromatic heterocycles. The number of halogens is 2. The summed E-state index contributed by atoms with van der Waals surface area (Å²) in [4.78, 5) is 15.9. The van der Waals surface area contributed by atoms with Crippen LogP contribution in [-0.4, -0.2) is 24.5 Å². The lowest BCUT2D eigenvalue weighted by Crippen LogP contribution is -2.26. The van der Waals surface area contributed by atoms with Gasteiger partial charge in [-0.3, -0.25) is 4.79 Å². The van der Waals surface area contributed by atoms with Gasteiger partial charge < -0.3 is 10.6 Å². The summed E-state index contributed by atoms with van der Waals surface area (Å²) in [6.45, 7) is 0.445. The van der Waals surface area contributed by atoms with Gasteiger partial charge in [-0.15, -0.1) is 0 Å². The third kappa shape index (κ3) is 4.16. The molecule has 21 heavy (non-hydrogen) atoms. The van der Waals surface area contributed by atoms with Gasteiger partial charge in [0, 0.05) is 18.6 Å². The van der Waals surface area contributed by atoms with Crippen LogP contribution in [0.15, 0.2) is 36.5 Å². The molecule has 0 saturated heterocycles. The van der Waals surface area contributed by atoms with Crippen LogP contribution < -0.4 is 10.6 Å². The van der Waals surface area contributed by atoms with Crippen LogP contribution in [0.3, 0.4) is 0 Å². The Kier molecular flexibility index (Phi) is 5.11. The van der Waals surface area contributed by atoms with E-state index in [1.807, 2.05) is 12.1 Å². The van der Waals surface area contributed by atoms with Gasteiger partial charge in [-0.2, -0.15) is 0 Å². The van der Waals surface area contributed by atoms with Crippen molar-refractivity contribution in [1.82, 2.24) is 10.3 Å². The monoisotopic (exact) mass is 307 g/mol. The standard InChI is InChI=1S/C15H15ClFN3O/c1-18-14-13(8-12(17)9-20-14)15(21)19-7-6-10-2-4-11(16)5-3-10/h2-5,8-9H,6-7H2,1H3,(H,18,20)(H,19,21). The third-order valence-electron chi connectivity index (χ3n) is 2.95. The summed E-state index contributed by atoms with van der Waals surface area (Å²) in [5.41, 5.74) is 1.25. The summed E-state index contributed by atoms with van der Waals surface area (Å²) in [7, 11) is 1.63.